The van der Waals surface area contributed by atoms with E-state index in [4.69, 9.17) is 11.6 Å². The quantitative estimate of drug-likeness (QED) is 0.880. The molecule has 1 aliphatic rings. The molecule has 7 heteroatoms. The van der Waals surface area contributed by atoms with Crippen LogP contribution >= 0.6 is 11.6 Å². The molecule has 23 heavy (non-hydrogen) atoms. The fourth-order valence-corrected chi connectivity index (χ4v) is 4.34. The van der Waals surface area contributed by atoms with E-state index in [1.165, 1.54) is 6.42 Å². The topological polar surface area (TPSA) is 66.5 Å². The van der Waals surface area contributed by atoms with Crippen LogP contribution < -0.4 is 9.62 Å². The van der Waals surface area contributed by atoms with Crippen LogP contribution in [0.15, 0.2) is 24.3 Å². The number of anilines is 1. The summed E-state index contributed by atoms with van der Waals surface area (Å²) in [4.78, 5) is 12.5. The van der Waals surface area contributed by atoms with Gasteiger partial charge in [-0.2, -0.15) is 0 Å². The fourth-order valence-electron chi connectivity index (χ4n) is 2.99. The Labute approximate surface area is 143 Å². The van der Waals surface area contributed by atoms with Crippen molar-refractivity contribution in [3.8, 4) is 0 Å². The summed E-state index contributed by atoms with van der Waals surface area (Å²) in [5.74, 6) is -0.276. The molecule has 1 fully saturated rings. The molecule has 1 aromatic carbocycles. The summed E-state index contributed by atoms with van der Waals surface area (Å²) >= 11 is 5.96. The molecule has 0 saturated heterocycles. The van der Waals surface area contributed by atoms with E-state index in [2.05, 4.69) is 5.32 Å². The number of hydrogen-bond donors (Lipinski definition) is 1. The van der Waals surface area contributed by atoms with Crippen LogP contribution in [0.2, 0.25) is 5.02 Å². The van der Waals surface area contributed by atoms with Gasteiger partial charge in [0.2, 0.25) is 15.9 Å². The highest BCUT2D eigenvalue weighted by Gasteiger charge is 2.30. The maximum Gasteiger partial charge on any atom is 0.243 e. The summed E-state index contributed by atoms with van der Waals surface area (Å²) in [5.41, 5.74) is 0.395. The van der Waals surface area contributed by atoms with Crippen molar-refractivity contribution in [3.05, 3.63) is 29.3 Å². The predicted octanol–water partition coefficient (Wildman–Crippen LogP) is 2.94. The van der Waals surface area contributed by atoms with Gasteiger partial charge < -0.3 is 5.32 Å². The van der Waals surface area contributed by atoms with Gasteiger partial charge in [-0.25, -0.2) is 8.42 Å². The lowest BCUT2D eigenvalue weighted by Gasteiger charge is -2.30. The summed E-state index contributed by atoms with van der Waals surface area (Å²) in [6.07, 6.45) is 6.40. The number of hydrogen-bond acceptors (Lipinski definition) is 3. The van der Waals surface area contributed by atoms with Crippen LogP contribution in [0.5, 0.6) is 0 Å². The smallest absolute Gasteiger partial charge is 0.243 e. The third kappa shape index (κ3) is 4.85. The summed E-state index contributed by atoms with van der Waals surface area (Å²) < 4.78 is 25.5. The average molecular weight is 359 g/mol. The van der Waals surface area contributed by atoms with Crippen molar-refractivity contribution >= 4 is 33.2 Å². The predicted molar refractivity (Wildman–Crippen MR) is 93.3 cm³/mol. The normalized spacial score (nSPS) is 17.5. The summed E-state index contributed by atoms with van der Waals surface area (Å²) in [7, 11) is -3.61. The number of benzene rings is 1. The minimum atomic E-state index is -3.61. The van der Waals surface area contributed by atoms with Crippen LogP contribution in [0.25, 0.3) is 0 Å². The molecule has 1 aliphatic carbocycles. The largest absolute Gasteiger partial charge is 0.352 e. The Morgan fingerprint density at radius 1 is 1.30 bits per heavy atom. The van der Waals surface area contributed by atoms with E-state index in [0.717, 1.165) is 36.2 Å². The summed E-state index contributed by atoms with van der Waals surface area (Å²) in [6.45, 7) is 1.60. The molecule has 128 valence electrons. The first-order valence-corrected chi connectivity index (χ1v) is 10.1. The lowest BCUT2D eigenvalue weighted by Crippen LogP contribution is -2.50. The van der Waals surface area contributed by atoms with E-state index in [1.807, 2.05) is 0 Å². The molecule has 5 nitrogen and oxygen atoms in total. The Kier molecular flexibility index (Phi) is 5.92. The number of nitrogens with one attached hydrogen (secondary N) is 1. The molecule has 0 radical (unpaired) electrons. The maximum atomic E-state index is 12.5. The van der Waals surface area contributed by atoms with Crippen LogP contribution in [0.3, 0.4) is 0 Å². The molecule has 0 spiro atoms. The van der Waals surface area contributed by atoms with Gasteiger partial charge in [-0.15, -0.1) is 0 Å². The first kappa shape index (κ1) is 18.1. The van der Waals surface area contributed by atoms with Crippen molar-refractivity contribution < 1.29 is 13.2 Å². The second-order valence-electron chi connectivity index (χ2n) is 6.06. The van der Waals surface area contributed by atoms with Crippen molar-refractivity contribution in [2.45, 2.75) is 51.1 Å². The minimum absolute atomic E-state index is 0.138. The van der Waals surface area contributed by atoms with Gasteiger partial charge in [0.25, 0.3) is 0 Å². The molecule has 0 aromatic heterocycles. The number of sulfonamides is 1. The maximum absolute atomic E-state index is 12.5. The van der Waals surface area contributed by atoms with Crippen LogP contribution in [-0.2, 0) is 14.8 Å². The first-order valence-electron chi connectivity index (χ1n) is 7.84. The van der Waals surface area contributed by atoms with Crippen LogP contribution in [-0.4, -0.2) is 32.7 Å². The summed E-state index contributed by atoms with van der Waals surface area (Å²) in [6, 6.07) is 5.83. The molecule has 1 amide bonds. The van der Waals surface area contributed by atoms with E-state index in [1.54, 1.807) is 31.2 Å². The van der Waals surface area contributed by atoms with Crippen molar-refractivity contribution in [1.82, 2.24) is 5.32 Å². The van der Waals surface area contributed by atoms with Gasteiger partial charge in [-0.3, -0.25) is 9.10 Å². The zero-order valence-corrected chi connectivity index (χ0v) is 15.0. The molecule has 1 atom stereocenters. The molecule has 0 aliphatic heterocycles. The van der Waals surface area contributed by atoms with Gasteiger partial charge in [-0.1, -0.05) is 36.9 Å². The number of amides is 1. The molecule has 1 aromatic rings. The SMILES string of the molecule is CC(C(=O)NC1CCCCC1)N(c1cccc(Cl)c1)S(C)(=O)=O. The zero-order chi connectivity index (χ0) is 17.0. The van der Waals surface area contributed by atoms with E-state index >= 15 is 0 Å². The highest BCUT2D eigenvalue weighted by molar-refractivity contribution is 7.92. The number of carbonyl (C=O) groups is 1. The van der Waals surface area contributed by atoms with Crippen LogP contribution in [0.4, 0.5) is 5.69 Å². The second kappa shape index (κ2) is 7.53. The van der Waals surface area contributed by atoms with Gasteiger partial charge >= 0.3 is 0 Å². The number of nitrogens with zero attached hydrogens (tertiary/aromatic N) is 1. The Bertz CT molecular complexity index is 657. The van der Waals surface area contributed by atoms with Gasteiger partial charge in [-0.05, 0) is 38.0 Å². The lowest BCUT2D eigenvalue weighted by atomic mass is 9.95. The van der Waals surface area contributed by atoms with Crippen molar-refractivity contribution in [2.75, 3.05) is 10.6 Å². The monoisotopic (exact) mass is 358 g/mol. The molecule has 1 saturated carbocycles. The molecule has 1 unspecified atom stereocenters. The van der Waals surface area contributed by atoms with Gasteiger partial charge in [0.05, 0.1) is 11.9 Å². The van der Waals surface area contributed by atoms with Crippen molar-refractivity contribution in [3.63, 3.8) is 0 Å². The zero-order valence-electron chi connectivity index (χ0n) is 13.5. The fraction of sp³-hybridized carbons (Fsp3) is 0.562. The lowest BCUT2D eigenvalue weighted by molar-refractivity contribution is -0.122. The van der Waals surface area contributed by atoms with E-state index < -0.39 is 16.1 Å². The highest BCUT2D eigenvalue weighted by atomic mass is 35.5. The van der Waals surface area contributed by atoms with Crippen LogP contribution in [0, 0.1) is 0 Å². The van der Waals surface area contributed by atoms with Gasteiger partial charge in [0, 0.05) is 11.1 Å². The van der Waals surface area contributed by atoms with Crippen molar-refractivity contribution in [2.24, 2.45) is 0 Å². The van der Waals surface area contributed by atoms with E-state index in [-0.39, 0.29) is 11.9 Å². The van der Waals surface area contributed by atoms with Crippen LogP contribution in [0.1, 0.15) is 39.0 Å². The Morgan fingerprint density at radius 3 is 2.52 bits per heavy atom. The third-order valence-corrected chi connectivity index (χ3v) is 5.58. The third-order valence-electron chi connectivity index (χ3n) is 4.10. The Hall–Kier alpha value is -1.27. The highest BCUT2D eigenvalue weighted by Crippen LogP contribution is 2.24. The number of halogens is 1. The van der Waals surface area contributed by atoms with Gasteiger partial charge in [0.1, 0.15) is 6.04 Å². The van der Waals surface area contributed by atoms with Gasteiger partial charge in [0.15, 0.2) is 0 Å². The first-order chi connectivity index (χ1) is 10.8. The summed E-state index contributed by atoms with van der Waals surface area (Å²) in [5, 5.41) is 3.40. The minimum Gasteiger partial charge on any atom is -0.352 e. The molecular weight excluding hydrogens is 336 g/mol. The number of rotatable bonds is 5. The Balaban J connectivity index is 2.19. The van der Waals surface area contributed by atoms with E-state index in [9.17, 15) is 13.2 Å². The molecule has 1 N–H and O–H groups in total. The number of carbonyl (C=O) groups excluding carboxylic acids is 1. The molecule has 0 bridgehead atoms. The molecule has 2 rings (SSSR count). The molecular formula is C16H23ClN2O3S. The van der Waals surface area contributed by atoms with Crippen molar-refractivity contribution in [1.29, 1.82) is 0 Å². The second-order valence-corrected chi connectivity index (χ2v) is 8.35. The Morgan fingerprint density at radius 2 is 1.96 bits per heavy atom. The average Bonchev–Trinajstić information content (AvgIpc) is 2.47. The molecule has 0 heterocycles. The van der Waals surface area contributed by atoms with E-state index in [0.29, 0.717) is 10.7 Å². The standard InChI is InChI=1S/C16H23ClN2O3S/c1-12(16(20)18-14-8-4-3-5-9-14)19(23(2,21)22)15-10-6-7-13(17)11-15/h6-7,10-12,14H,3-5,8-9H2,1-2H3,(H,18,20).